The van der Waals surface area contributed by atoms with Gasteiger partial charge in [0.2, 0.25) is 0 Å². The Morgan fingerprint density at radius 1 is 0.292 bits per heavy atom. The number of nitrogens with zero attached hydrogens (tertiary/aromatic N) is 3. The van der Waals surface area contributed by atoms with Crippen molar-refractivity contribution in [1.29, 1.82) is 0 Å². The number of para-hydroxylation sites is 3. The Morgan fingerprint density at radius 3 is 0.750 bits per heavy atom. The van der Waals surface area contributed by atoms with E-state index in [9.17, 15) is 0 Å². The Bertz CT molecular complexity index is 2230. The summed E-state index contributed by atoms with van der Waals surface area (Å²) in [6, 6.07) is 46.9. The summed E-state index contributed by atoms with van der Waals surface area (Å²) < 4.78 is 0. The number of benzene rings is 6. The van der Waals surface area contributed by atoms with Crippen LogP contribution in [-0.2, 0) is 0 Å². The number of anilines is 3. The van der Waals surface area contributed by atoms with Gasteiger partial charge in [-0.1, -0.05) is 152 Å². The first-order valence-corrected chi connectivity index (χ1v) is 28.9. The van der Waals surface area contributed by atoms with Crippen LogP contribution in [0.3, 0.4) is 0 Å². The molecular weight excluding hydrogens is 1280 g/mol. The highest BCUT2D eigenvalue weighted by molar-refractivity contribution is 8.00. The van der Waals surface area contributed by atoms with E-state index in [1.54, 1.807) is 0 Å². The number of halogens is 3. The average molecular weight is 1360 g/mol. The van der Waals surface area contributed by atoms with Gasteiger partial charge < -0.3 is 86.6 Å². The van der Waals surface area contributed by atoms with Gasteiger partial charge in [0.05, 0.1) is 29.4 Å². The van der Waals surface area contributed by atoms with Gasteiger partial charge in [0.25, 0.3) is 0 Å². The molecule has 3 aliphatic heterocycles. The smallest absolute Gasteiger partial charge is 0.148 e. The molecule has 12 heteroatoms. The maximum atomic E-state index is 2.56. The number of unbranched alkanes of at least 4 members (excludes halogenated alkanes) is 6. The van der Waals surface area contributed by atoms with Crippen LogP contribution in [0, 0.1) is 0 Å². The molecule has 390 valence electrons. The number of hydrogen-bond acceptors (Lipinski definition) is 6. The molecule has 0 unspecified atom stereocenters. The molecule has 0 atom stereocenters. The van der Waals surface area contributed by atoms with Gasteiger partial charge >= 0.3 is 0 Å². The van der Waals surface area contributed by atoms with Gasteiger partial charge in [0.15, 0.2) is 0 Å². The number of hydrogen-bond donors (Lipinski definition) is 3. The standard InChI is InChI=1S/3C20H26N2S.3HI/c3*1-3-5-13-22(14-6-4-2)16-11-12-18-20(15-16)23-19-10-8-7-9-17(19)21-18;;;/h3*7-12,15,21H,3-6,13-14H2,1-2H3;3*1H. The molecule has 6 N–H and O–H groups in total. The van der Waals surface area contributed by atoms with E-state index < -0.39 is 0 Å². The van der Waals surface area contributed by atoms with Crippen molar-refractivity contribution in [3.63, 3.8) is 0 Å². The third kappa shape index (κ3) is 18.0. The molecule has 3 aliphatic rings. The zero-order valence-electron chi connectivity index (χ0n) is 43.8. The fourth-order valence-electron chi connectivity index (χ4n) is 8.92. The molecule has 6 aromatic rings. The second kappa shape index (κ2) is 33.8. The molecule has 0 amide bonds. The monoisotopic (exact) mass is 1360 g/mol. The van der Waals surface area contributed by atoms with Gasteiger partial charge in [0, 0.05) is 92.7 Å². The van der Waals surface area contributed by atoms with Crippen LogP contribution in [0.5, 0.6) is 0 Å². The van der Waals surface area contributed by atoms with Crippen LogP contribution in [0.15, 0.2) is 157 Å². The van der Waals surface area contributed by atoms with Crippen LogP contribution in [0.25, 0.3) is 0 Å². The Kier molecular flexibility index (Phi) is 29.3. The molecule has 0 aromatic heterocycles. The van der Waals surface area contributed by atoms with Crippen LogP contribution in [0.1, 0.15) is 119 Å². The quantitative estimate of drug-likeness (QED) is 0.0584. The molecule has 3 heterocycles. The summed E-state index contributed by atoms with van der Waals surface area (Å²) in [5, 5.41) is 6.94. The molecule has 0 fully saturated rings. The third-order valence-corrected chi connectivity index (χ3v) is 16.6. The van der Waals surface area contributed by atoms with E-state index in [1.807, 2.05) is 35.3 Å². The highest BCUT2D eigenvalue weighted by Crippen LogP contribution is 2.43. The first-order chi connectivity index (χ1) is 33.9. The van der Waals surface area contributed by atoms with Crippen molar-refractivity contribution < 1.29 is 87.9 Å². The Labute approximate surface area is 498 Å². The van der Waals surface area contributed by atoms with E-state index in [1.165, 1.54) is 197 Å². The van der Waals surface area contributed by atoms with Crippen LogP contribution < -0.4 is 103 Å². The Morgan fingerprint density at radius 2 is 0.514 bits per heavy atom. The van der Waals surface area contributed by atoms with E-state index >= 15 is 0 Å². The Hall–Kier alpha value is -2.16. The molecular formula is C60H81I3N6S3. The van der Waals surface area contributed by atoms with Gasteiger partial charge in [-0.2, -0.15) is 0 Å². The molecule has 0 bridgehead atoms. The zero-order valence-corrected chi connectivity index (χ0v) is 52.7. The maximum Gasteiger partial charge on any atom is 0.148 e. The van der Waals surface area contributed by atoms with E-state index in [-0.39, 0.29) is 71.9 Å². The number of nitrogens with two attached hydrogens (primary N) is 3. The minimum atomic E-state index is 0. The van der Waals surface area contributed by atoms with E-state index in [0.29, 0.717) is 0 Å². The second-order valence-electron chi connectivity index (χ2n) is 18.6. The Balaban J connectivity index is 0.000000230. The van der Waals surface area contributed by atoms with E-state index in [4.69, 9.17) is 0 Å². The lowest BCUT2D eigenvalue weighted by molar-refractivity contribution is -0.485. The van der Waals surface area contributed by atoms with Gasteiger partial charge in [-0.15, -0.1) is 0 Å². The van der Waals surface area contributed by atoms with Crippen molar-refractivity contribution in [2.24, 2.45) is 0 Å². The number of rotatable bonds is 21. The predicted octanol–water partition coefficient (Wildman–Crippen LogP) is 6.27. The third-order valence-electron chi connectivity index (χ3n) is 13.1. The van der Waals surface area contributed by atoms with Gasteiger partial charge in [0.1, 0.15) is 34.1 Å². The fraction of sp³-hybridized carbons (Fsp3) is 0.400. The van der Waals surface area contributed by atoms with E-state index in [0.717, 1.165) is 0 Å². The van der Waals surface area contributed by atoms with Crippen LogP contribution in [-0.4, -0.2) is 39.3 Å². The highest BCUT2D eigenvalue weighted by atomic mass is 127. The first-order valence-electron chi connectivity index (χ1n) is 26.5. The summed E-state index contributed by atoms with van der Waals surface area (Å²) >= 11 is 5.71. The number of fused-ring (bicyclic) bond motifs is 6. The summed E-state index contributed by atoms with van der Waals surface area (Å²) in [5.74, 6) is 0. The summed E-state index contributed by atoms with van der Waals surface area (Å²) in [6.45, 7) is 20.6. The predicted molar refractivity (Wildman–Crippen MR) is 301 cm³/mol. The summed E-state index contributed by atoms with van der Waals surface area (Å²) in [4.78, 5) is 16.0. The van der Waals surface area contributed by atoms with Crippen LogP contribution >= 0.6 is 35.3 Å². The molecule has 6 aromatic carbocycles. The van der Waals surface area contributed by atoms with Crippen molar-refractivity contribution in [2.75, 3.05) is 54.0 Å². The largest absolute Gasteiger partial charge is 1.00 e. The van der Waals surface area contributed by atoms with Gasteiger partial charge in [-0.05, 0) is 93.1 Å². The molecule has 72 heavy (non-hydrogen) atoms. The van der Waals surface area contributed by atoms with Crippen molar-refractivity contribution in [3.05, 3.63) is 127 Å². The molecule has 0 saturated carbocycles. The van der Waals surface area contributed by atoms with Crippen molar-refractivity contribution in [1.82, 2.24) is 0 Å². The SMILES string of the molecule is CCCCN(CCCC)c1ccc2c(c1)Sc1ccccc1[NH2+]2.CCCCN(CCCC)c1ccc2c(c1)Sc1ccccc1[NH2+]2.CCCCN(CCCC)c1ccc2c(c1)Sc1ccccc1[NH2+]2.[I-].[I-].[I-]. The van der Waals surface area contributed by atoms with Gasteiger partial charge in [-0.3, -0.25) is 16.0 Å². The number of quaternary nitrogens is 3. The normalized spacial score (nSPS) is 12.1. The molecule has 0 aliphatic carbocycles. The molecule has 0 radical (unpaired) electrons. The summed E-state index contributed by atoms with van der Waals surface area (Å²) in [5.41, 5.74) is 12.2. The van der Waals surface area contributed by atoms with Crippen molar-refractivity contribution in [2.45, 2.75) is 148 Å². The molecule has 9 rings (SSSR count). The fourth-order valence-corrected chi connectivity index (χ4v) is 12.1. The van der Waals surface area contributed by atoms with Gasteiger partial charge in [-0.25, -0.2) is 0 Å². The van der Waals surface area contributed by atoms with Crippen LogP contribution in [0.4, 0.5) is 51.2 Å². The van der Waals surface area contributed by atoms with Crippen molar-refractivity contribution in [3.8, 4) is 0 Å². The average Bonchev–Trinajstić information content (AvgIpc) is 3.39. The van der Waals surface area contributed by atoms with Crippen LogP contribution in [0.2, 0.25) is 0 Å². The lowest BCUT2D eigenvalue weighted by Crippen LogP contribution is -3.00. The minimum absolute atomic E-state index is 0. The lowest BCUT2D eigenvalue weighted by Gasteiger charge is -2.26. The topological polar surface area (TPSA) is 59.6 Å². The second-order valence-corrected chi connectivity index (χ2v) is 21.9. The van der Waals surface area contributed by atoms with Crippen molar-refractivity contribution >= 4 is 86.5 Å². The maximum absolute atomic E-state index is 2.56. The van der Waals surface area contributed by atoms with E-state index in [2.05, 4.69) is 200 Å². The zero-order chi connectivity index (χ0) is 48.2. The highest BCUT2D eigenvalue weighted by Gasteiger charge is 2.24. The lowest BCUT2D eigenvalue weighted by atomic mass is 10.2. The molecule has 0 saturated heterocycles. The summed E-state index contributed by atoms with van der Waals surface area (Å²) in [6.07, 6.45) is 15.1. The molecule has 0 spiro atoms. The molecule has 6 nitrogen and oxygen atoms in total. The minimum Gasteiger partial charge on any atom is -1.00 e. The summed E-state index contributed by atoms with van der Waals surface area (Å²) in [7, 11) is 0. The first kappa shape index (κ1) is 62.4.